The number of nitrogens with zero attached hydrogens (tertiary/aromatic N) is 2. The lowest BCUT2D eigenvalue weighted by atomic mass is 9.79. The highest BCUT2D eigenvalue weighted by molar-refractivity contribution is 5.77. The molecule has 0 fully saturated rings. The van der Waals surface area contributed by atoms with Gasteiger partial charge in [-0.05, 0) is 12.1 Å². The Hall–Kier alpha value is -2.42. The number of nitriles is 1. The number of carbonyl (C=O) groups excluding carboxylic acids is 2. The van der Waals surface area contributed by atoms with Gasteiger partial charge in [0, 0.05) is 6.20 Å². The molecule has 0 atom stereocenters. The van der Waals surface area contributed by atoms with Crippen LogP contribution in [-0.4, -0.2) is 31.1 Å². The van der Waals surface area contributed by atoms with Crippen molar-refractivity contribution < 1.29 is 19.1 Å². The Morgan fingerprint density at radius 1 is 1.26 bits per heavy atom. The molecule has 0 aliphatic carbocycles. The third-order valence-electron chi connectivity index (χ3n) is 2.72. The van der Waals surface area contributed by atoms with Gasteiger partial charge >= 0.3 is 11.9 Å². The van der Waals surface area contributed by atoms with Gasteiger partial charge in [0.2, 0.25) is 0 Å². The fraction of sp³-hybridized carbons (Fsp3) is 0.385. The van der Waals surface area contributed by atoms with E-state index in [9.17, 15) is 14.9 Å². The van der Waals surface area contributed by atoms with Crippen molar-refractivity contribution in [1.29, 1.82) is 5.26 Å². The van der Waals surface area contributed by atoms with Crippen LogP contribution in [0.15, 0.2) is 24.4 Å². The van der Waals surface area contributed by atoms with E-state index in [-0.39, 0.29) is 12.8 Å². The summed E-state index contributed by atoms with van der Waals surface area (Å²) in [5.41, 5.74) is -1.03. The Balaban J connectivity index is 3.18. The number of esters is 2. The van der Waals surface area contributed by atoms with E-state index in [2.05, 4.69) is 14.5 Å². The molecule has 0 saturated heterocycles. The normalized spacial score (nSPS) is 10.4. The van der Waals surface area contributed by atoms with E-state index < -0.39 is 17.4 Å². The molecule has 1 aromatic rings. The van der Waals surface area contributed by atoms with Crippen LogP contribution in [0.4, 0.5) is 0 Å². The largest absolute Gasteiger partial charge is 0.469 e. The van der Waals surface area contributed by atoms with Crippen molar-refractivity contribution in [3.8, 4) is 6.07 Å². The number of carbonyl (C=O) groups is 2. The number of hydrogen-bond donors (Lipinski definition) is 0. The van der Waals surface area contributed by atoms with Crippen molar-refractivity contribution in [2.75, 3.05) is 14.2 Å². The second-order valence-corrected chi connectivity index (χ2v) is 3.91. The highest BCUT2D eigenvalue weighted by atomic mass is 16.5. The van der Waals surface area contributed by atoms with Crippen molar-refractivity contribution in [3.05, 3.63) is 30.1 Å². The molecule has 0 unspecified atom stereocenters. The highest BCUT2D eigenvalue weighted by Gasteiger charge is 2.39. The van der Waals surface area contributed by atoms with Gasteiger partial charge in [-0.25, -0.2) is 0 Å². The Kier molecular flexibility index (Phi) is 5.01. The first kappa shape index (κ1) is 14.6. The minimum absolute atomic E-state index is 0.258. The lowest BCUT2D eigenvalue weighted by molar-refractivity contribution is -0.144. The Morgan fingerprint density at radius 3 is 2.21 bits per heavy atom. The first-order valence-corrected chi connectivity index (χ1v) is 5.54. The molecular formula is C13H14N2O4. The lowest BCUT2D eigenvalue weighted by Crippen LogP contribution is -2.32. The summed E-state index contributed by atoms with van der Waals surface area (Å²) in [4.78, 5) is 27.0. The number of ether oxygens (including phenoxy) is 2. The molecule has 1 rings (SSSR count). The minimum Gasteiger partial charge on any atom is -0.469 e. The number of pyridine rings is 1. The van der Waals surface area contributed by atoms with E-state index in [1.54, 1.807) is 18.2 Å². The predicted octanol–water partition coefficient (Wildman–Crippen LogP) is 0.969. The summed E-state index contributed by atoms with van der Waals surface area (Å²) in [6, 6.07) is 6.96. The Labute approximate surface area is 111 Å². The second kappa shape index (κ2) is 6.50. The van der Waals surface area contributed by atoms with Crippen LogP contribution < -0.4 is 0 Å². The van der Waals surface area contributed by atoms with Crippen molar-refractivity contribution in [3.63, 3.8) is 0 Å². The van der Waals surface area contributed by atoms with Gasteiger partial charge < -0.3 is 9.47 Å². The van der Waals surface area contributed by atoms with E-state index in [0.29, 0.717) is 5.69 Å². The van der Waals surface area contributed by atoms with Gasteiger partial charge in [-0.3, -0.25) is 14.6 Å². The predicted molar refractivity (Wildman–Crippen MR) is 64.8 cm³/mol. The first-order chi connectivity index (χ1) is 9.07. The minimum atomic E-state index is -1.37. The average Bonchev–Trinajstić information content (AvgIpc) is 2.46. The molecule has 0 aliphatic heterocycles. The van der Waals surface area contributed by atoms with Crippen LogP contribution in [0.2, 0.25) is 0 Å². The van der Waals surface area contributed by atoms with Crippen molar-refractivity contribution in [1.82, 2.24) is 4.98 Å². The summed E-state index contributed by atoms with van der Waals surface area (Å²) in [6.07, 6.45) is 0.980. The number of rotatable bonds is 5. The first-order valence-electron chi connectivity index (χ1n) is 5.54. The zero-order chi connectivity index (χ0) is 14.3. The SMILES string of the molecule is COC(=O)CC(C#N)(CC(=O)OC)c1ccccn1. The topological polar surface area (TPSA) is 89.3 Å². The van der Waals surface area contributed by atoms with Gasteiger partial charge in [-0.2, -0.15) is 5.26 Å². The van der Waals surface area contributed by atoms with E-state index >= 15 is 0 Å². The van der Waals surface area contributed by atoms with Crippen molar-refractivity contribution >= 4 is 11.9 Å². The van der Waals surface area contributed by atoms with Crippen LogP contribution in [0, 0.1) is 11.3 Å². The van der Waals surface area contributed by atoms with Crippen LogP contribution in [0.5, 0.6) is 0 Å². The summed E-state index contributed by atoms with van der Waals surface area (Å²) in [5, 5.41) is 9.41. The summed E-state index contributed by atoms with van der Waals surface area (Å²) in [7, 11) is 2.45. The molecule has 1 heterocycles. The quantitative estimate of drug-likeness (QED) is 0.734. The van der Waals surface area contributed by atoms with Gasteiger partial charge in [0.25, 0.3) is 0 Å². The van der Waals surface area contributed by atoms with Crippen LogP contribution in [0.1, 0.15) is 18.5 Å². The van der Waals surface area contributed by atoms with Gasteiger partial charge in [0.15, 0.2) is 0 Å². The van der Waals surface area contributed by atoms with Gasteiger partial charge in [-0.1, -0.05) is 6.07 Å². The molecule has 6 heteroatoms. The van der Waals surface area contributed by atoms with E-state index in [4.69, 9.17) is 0 Å². The molecule has 0 spiro atoms. The fourth-order valence-electron chi connectivity index (χ4n) is 1.66. The van der Waals surface area contributed by atoms with E-state index in [1.165, 1.54) is 20.4 Å². The molecule has 19 heavy (non-hydrogen) atoms. The van der Waals surface area contributed by atoms with Gasteiger partial charge in [0.05, 0.1) is 38.8 Å². The maximum Gasteiger partial charge on any atom is 0.307 e. The number of aromatic nitrogens is 1. The standard InChI is InChI=1S/C13H14N2O4/c1-18-11(16)7-13(9-14,8-12(17)19-2)10-5-3-4-6-15-10/h3-6H,7-8H2,1-2H3. The van der Waals surface area contributed by atoms with Crippen LogP contribution in [0.3, 0.4) is 0 Å². The zero-order valence-corrected chi connectivity index (χ0v) is 10.8. The van der Waals surface area contributed by atoms with Crippen molar-refractivity contribution in [2.24, 2.45) is 0 Å². The summed E-state index contributed by atoms with van der Waals surface area (Å²) in [6.45, 7) is 0. The molecule has 0 radical (unpaired) electrons. The molecule has 0 bridgehead atoms. The highest BCUT2D eigenvalue weighted by Crippen LogP contribution is 2.30. The summed E-state index contributed by atoms with van der Waals surface area (Å²) in [5.74, 6) is -1.17. The molecule has 0 amide bonds. The Morgan fingerprint density at radius 2 is 1.84 bits per heavy atom. The molecular weight excluding hydrogens is 248 g/mol. The monoisotopic (exact) mass is 262 g/mol. The molecule has 0 aliphatic rings. The lowest BCUT2D eigenvalue weighted by Gasteiger charge is -2.23. The third-order valence-corrected chi connectivity index (χ3v) is 2.72. The maximum absolute atomic E-state index is 11.5. The smallest absolute Gasteiger partial charge is 0.307 e. The number of methoxy groups -OCH3 is 2. The molecule has 0 aromatic carbocycles. The van der Waals surface area contributed by atoms with E-state index in [1.807, 2.05) is 6.07 Å². The third kappa shape index (κ3) is 3.52. The molecule has 0 N–H and O–H groups in total. The zero-order valence-electron chi connectivity index (χ0n) is 10.8. The molecule has 0 saturated carbocycles. The van der Waals surface area contributed by atoms with E-state index in [0.717, 1.165) is 0 Å². The molecule has 1 aromatic heterocycles. The molecule has 6 nitrogen and oxygen atoms in total. The Bertz CT molecular complexity index is 475. The summed E-state index contributed by atoms with van der Waals surface area (Å²) >= 11 is 0. The van der Waals surface area contributed by atoms with Crippen LogP contribution in [-0.2, 0) is 24.5 Å². The van der Waals surface area contributed by atoms with Gasteiger partial charge in [0.1, 0.15) is 5.41 Å². The fourth-order valence-corrected chi connectivity index (χ4v) is 1.66. The average molecular weight is 262 g/mol. The van der Waals surface area contributed by atoms with Crippen molar-refractivity contribution in [2.45, 2.75) is 18.3 Å². The van der Waals surface area contributed by atoms with Crippen LogP contribution >= 0.6 is 0 Å². The molecule has 100 valence electrons. The maximum atomic E-state index is 11.5. The van der Waals surface area contributed by atoms with Gasteiger partial charge in [-0.15, -0.1) is 0 Å². The van der Waals surface area contributed by atoms with Crippen LogP contribution in [0.25, 0.3) is 0 Å². The summed E-state index contributed by atoms with van der Waals surface area (Å²) < 4.78 is 9.15. The number of hydrogen-bond acceptors (Lipinski definition) is 6. The second-order valence-electron chi connectivity index (χ2n) is 3.91.